The van der Waals surface area contributed by atoms with Crippen molar-refractivity contribution in [3.63, 3.8) is 0 Å². The van der Waals surface area contributed by atoms with Crippen LogP contribution in [0.4, 0.5) is 17.6 Å². The molecule has 1 N–H and O–H groups in total. The van der Waals surface area contributed by atoms with E-state index in [0.717, 1.165) is 47.2 Å². The van der Waals surface area contributed by atoms with Crippen molar-refractivity contribution in [1.29, 1.82) is 0 Å². The summed E-state index contributed by atoms with van der Waals surface area (Å²) in [5.74, 6) is -0.833. The molecule has 1 aliphatic heterocycles. The molecule has 2 aromatic heterocycles. The van der Waals surface area contributed by atoms with Gasteiger partial charge in [-0.2, -0.15) is 22.6 Å². The molecule has 1 aromatic carbocycles. The molecule has 3 heterocycles. The molecule has 0 bridgehead atoms. The minimum absolute atomic E-state index is 0.0830. The maximum atomic E-state index is 13.3. The van der Waals surface area contributed by atoms with E-state index in [2.05, 4.69) is 15.4 Å². The molecule has 2 aliphatic rings. The number of carbonyl (C=O) groups excluding carboxylic acids is 1. The summed E-state index contributed by atoms with van der Waals surface area (Å²) in [6.45, 7) is 0.254. The highest BCUT2D eigenvalue weighted by Gasteiger charge is 2.39. The summed E-state index contributed by atoms with van der Waals surface area (Å²) in [7, 11) is -3.99. The van der Waals surface area contributed by atoms with E-state index in [1.165, 1.54) is 22.9 Å². The van der Waals surface area contributed by atoms with Gasteiger partial charge in [-0.1, -0.05) is 0 Å². The molecule has 37 heavy (non-hydrogen) atoms. The second-order valence-electron chi connectivity index (χ2n) is 9.10. The monoisotopic (exact) mass is 537 g/mol. The van der Waals surface area contributed by atoms with Crippen LogP contribution in [0.2, 0.25) is 0 Å². The Balaban J connectivity index is 1.31. The number of benzene rings is 1. The van der Waals surface area contributed by atoms with E-state index >= 15 is 0 Å². The number of rotatable bonds is 7. The molecular weight excluding hydrogens is 514 g/mol. The fourth-order valence-electron chi connectivity index (χ4n) is 4.41. The highest BCUT2D eigenvalue weighted by atomic mass is 32.2. The van der Waals surface area contributed by atoms with Gasteiger partial charge in [0, 0.05) is 30.8 Å². The number of aromatic nitrogens is 3. The second-order valence-corrected chi connectivity index (χ2v) is 11.0. The minimum Gasteiger partial charge on any atom is -0.351 e. The van der Waals surface area contributed by atoms with E-state index < -0.39 is 39.7 Å². The van der Waals surface area contributed by atoms with Crippen molar-refractivity contribution >= 4 is 15.9 Å². The smallest absolute Gasteiger partial charge is 0.351 e. The largest absolute Gasteiger partial charge is 0.433 e. The van der Waals surface area contributed by atoms with Crippen LogP contribution >= 0.6 is 0 Å². The highest BCUT2D eigenvalue weighted by molar-refractivity contribution is 7.89. The Bertz CT molecular complexity index is 1400. The zero-order valence-corrected chi connectivity index (χ0v) is 20.3. The first-order valence-corrected chi connectivity index (χ1v) is 13.2. The highest BCUT2D eigenvalue weighted by Crippen LogP contribution is 2.41. The molecule has 5 rings (SSSR count). The van der Waals surface area contributed by atoms with E-state index in [-0.39, 0.29) is 23.9 Å². The molecule has 0 unspecified atom stereocenters. The van der Waals surface area contributed by atoms with Gasteiger partial charge in [-0.3, -0.25) is 4.79 Å². The minimum atomic E-state index is -4.55. The van der Waals surface area contributed by atoms with E-state index in [4.69, 9.17) is 0 Å². The van der Waals surface area contributed by atoms with Crippen molar-refractivity contribution in [3.05, 3.63) is 71.6 Å². The summed E-state index contributed by atoms with van der Waals surface area (Å²) in [4.78, 5) is 16.4. The molecule has 13 heteroatoms. The number of sulfonamides is 1. The maximum Gasteiger partial charge on any atom is 0.433 e. The molecule has 8 nitrogen and oxygen atoms in total. The first kappa shape index (κ1) is 25.3. The maximum absolute atomic E-state index is 13.3. The topological polar surface area (TPSA) is 97.2 Å². The van der Waals surface area contributed by atoms with Crippen LogP contribution in [0.5, 0.6) is 0 Å². The van der Waals surface area contributed by atoms with Crippen molar-refractivity contribution in [2.45, 2.75) is 55.3 Å². The van der Waals surface area contributed by atoms with E-state index in [1.807, 2.05) is 0 Å². The molecule has 2 fully saturated rings. The van der Waals surface area contributed by atoms with Crippen molar-refractivity contribution in [2.24, 2.45) is 0 Å². The van der Waals surface area contributed by atoms with Gasteiger partial charge in [-0.25, -0.2) is 22.5 Å². The van der Waals surface area contributed by atoms with Gasteiger partial charge in [0.05, 0.1) is 22.5 Å². The Morgan fingerprint density at radius 2 is 1.81 bits per heavy atom. The number of hydrogen-bond donors (Lipinski definition) is 1. The summed E-state index contributed by atoms with van der Waals surface area (Å²) < 4.78 is 80.5. The van der Waals surface area contributed by atoms with Gasteiger partial charge < -0.3 is 5.32 Å². The quantitative estimate of drug-likeness (QED) is 0.463. The number of hydrogen-bond acceptors (Lipinski definition) is 5. The van der Waals surface area contributed by atoms with E-state index in [0.29, 0.717) is 24.1 Å². The van der Waals surface area contributed by atoms with Crippen LogP contribution in [0.25, 0.3) is 5.69 Å². The summed E-state index contributed by atoms with van der Waals surface area (Å²) in [6, 6.07) is 5.70. The molecule has 1 aliphatic carbocycles. The van der Waals surface area contributed by atoms with Crippen LogP contribution in [-0.4, -0.2) is 46.0 Å². The SMILES string of the molecule is O=C(NCc1cn(-c2ccc(C(F)(F)F)nc2)nc1C1CC1)[C@@H]1CCCN1S(=O)(=O)c1ccc(F)cc1. The van der Waals surface area contributed by atoms with Gasteiger partial charge in [-0.15, -0.1) is 0 Å². The first-order valence-electron chi connectivity index (χ1n) is 11.7. The van der Waals surface area contributed by atoms with Crippen LogP contribution in [0.15, 0.2) is 53.7 Å². The third kappa shape index (κ3) is 5.23. The third-order valence-electron chi connectivity index (χ3n) is 6.47. The predicted molar refractivity (Wildman–Crippen MR) is 123 cm³/mol. The summed E-state index contributed by atoms with van der Waals surface area (Å²) >= 11 is 0. The summed E-state index contributed by atoms with van der Waals surface area (Å²) in [6.07, 6.45) is 0.856. The molecule has 0 radical (unpaired) electrons. The zero-order valence-electron chi connectivity index (χ0n) is 19.4. The summed E-state index contributed by atoms with van der Waals surface area (Å²) in [5.41, 5.74) is 0.777. The first-order chi connectivity index (χ1) is 17.5. The Hall–Kier alpha value is -3.32. The average molecular weight is 538 g/mol. The molecule has 3 aromatic rings. The van der Waals surface area contributed by atoms with Gasteiger partial charge in [0.25, 0.3) is 0 Å². The van der Waals surface area contributed by atoms with Crippen LogP contribution in [0.1, 0.15) is 48.6 Å². The van der Waals surface area contributed by atoms with Gasteiger partial charge >= 0.3 is 6.18 Å². The molecule has 0 spiro atoms. The third-order valence-corrected chi connectivity index (χ3v) is 8.39. The molecule has 1 saturated heterocycles. The average Bonchev–Trinajstić information content (AvgIpc) is 3.41. The lowest BCUT2D eigenvalue weighted by Gasteiger charge is -2.23. The lowest BCUT2D eigenvalue weighted by Crippen LogP contribution is -2.45. The molecule has 1 atom stereocenters. The van der Waals surface area contributed by atoms with Crippen LogP contribution in [0, 0.1) is 5.82 Å². The number of nitrogens with one attached hydrogen (secondary N) is 1. The van der Waals surface area contributed by atoms with Crippen molar-refractivity contribution in [2.75, 3.05) is 6.54 Å². The second kappa shape index (κ2) is 9.53. The Labute approximate surface area is 210 Å². The number of pyridine rings is 1. The molecular formula is C24H23F4N5O3S. The van der Waals surface area contributed by atoms with Gasteiger partial charge in [0.15, 0.2) is 0 Å². The van der Waals surface area contributed by atoms with Gasteiger partial charge in [0.1, 0.15) is 17.6 Å². The van der Waals surface area contributed by atoms with Gasteiger partial charge in [0.2, 0.25) is 15.9 Å². The van der Waals surface area contributed by atoms with Crippen molar-refractivity contribution in [3.8, 4) is 5.69 Å². The molecule has 196 valence electrons. The molecule has 1 saturated carbocycles. The Morgan fingerprint density at radius 3 is 2.43 bits per heavy atom. The number of alkyl halides is 3. The van der Waals surface area contributed by atoms with Crippen LogP contribution in [-0.2, 0) is 27.5 Å². The number of nitrogens with zero attached hydrogens (tertiary/aromatic N) is 4. The predicted octanol–water partition coefficient (Wildman–Crippen LogP) is 3.77. The van der Waals surface area contributed by atoms with Crippen LogP contribution < -0.4 is 5.32 Å². The Kier molecular flexibility index (Phi) is 6.52. The number of halogens is 4. The van der Waals surface area contributed by atoms with Crippen molar-refractivity contribution < 1.29 is 30.8 Å². The summed E-state index contributed by atoms with van der Waals surface area (Å²) in [5, 5.41) is 7.32. The fraction of sp³-hybridized carbons (Fsp3) is 0.375. The lowest BCUT2D eigenvalue weighted by molar-refractivity contribution is -0.141. The Morgan fingerprint density at radius 1 is 1.08 bits per heavy atom. The normalized spacial score (nSPS) is 18.8. The van der Waals surface area contributed by atoms with E-state index in [1.54, 1.807) is 6.20 Å². The van der Waals surface area contributed by atoms with Crippen molar-refractivity contribution in [1.82, 2.24) is 24.4 Å². The molecule has 1 amide bonds. The zero-order chi connectivity index (χ0) is 26.4. The number of carbonyl (C=O) groups is 1. The standard InChI is InChI=1S/C24H23F4N5O3S/c25-17-5-8-19(9-6-17)37(35,36)33-11-1-2-20(33)23(34)30-12-16-14-32(31-22(16)15-3-4-15)18-7-10-21(29-13-18)24(26,27)28/h5-10,13-15,20H,1-4,11-12H2,(H,30,34)/t20-/m0/s1. The van der Waals surface area contributed by atoms with Gasteiger partial charge in [-0.05, 0) is 62.1 Å². The fourth-order valence-corrected chi connectivity index (χ4v) is 6.07. The lowest BCUT2D eigenvalue weighted by atomic mass is 10.1. The number of amides is 1. The van der Waals surface area contributed by atoms with Crippen LogP contribution in [0.3, 0.4) is 0 Å². The van der Waals surface area contributed by atoms with E-state index in [9.17, 15) is 30.8 Å².